The lowest BCUT2D eigenvalue weighted by atomic mass is 10.1. The van der Waals surface area contributed by atoms with E-state index in [4.69, 9.17) is 0 Å². The summed E-state index contributed by atoms with van der Waals surface area (Å²) in [5.41, 5.74) is 2.75. The molecule has 1 aromatic heterocycles. The fraction of sp³-hybridized carbons (Fsp3) is 0.0500. The third kappa shape index (κ3) is 5.56. The molecule has 2 amide bonds. The molecule has 0 bridgehead atoms. The summed E-state index contributed by atoms with van der Waals surface area (Å²) < 4.78 is 0. The van der Waals surface area contributed by atoms with Crippen LogP contribution < -0.4 is 10.6 Å². The number of aromatic nitrogens is 1. The van der Waals surface area contributed by atoms with Crippen LogP contribution in [0.1, 0.15) is 12.5 Å². The molecule has 0 saturated carbocycles. The number of nitrogens with zero attached hydrogens (tertiary/aromatic N) is 2. The highest BCUT2D eigenvalue weighted by atomic mass is 32.1. The number of hydrogen-bond acceptors (Lipinski definition) is 6. The Morgan fingerprint density at radius 3 is 2.59 bits per heavy atom. The number of benzene rings is 2. The smallest absolute Gasteiger partial charge is 0.270 e. The van der Waals surface area contributed by atoms with Crippen molar-refractivity contribution in [3.8, 4) is 11.3 Å². The van der Waals surface area contributed by atoms with E-state index in [1.807, 2.05) is 17.5 Å². The summed E-state index contributed by atoms with van der Waals surface area (Å²) in [6, 6.07) is 13.2. The number of nitro benzene ring substituents is 1. The second-order valence-corrected chi connectivity index (χ2v) is 6.83. The molecule has 1 heterocycles. The molecule has 0 fully saturated rings. The van der Waals surface area contributed by atoms with E-state index in [-0.39, 0.29) is 11.6 Å². The van der Waals surface area contributed by atoms with Gasteiger partial charge >= 0.3 is 0 Å². The highest BCUT2D eigenvalue weighted by Gasteiger charge is 2.08. The van der Waals surface area contributed by atoms with Crippen molar-refractivity contribution in [2.45, 2.75) is 6.92 Å². The van der Waals surface area contributed by atoms with Gasteiger partial charge in [-0.15, -0.1) is 11.3 Å². The normalized spacial score (nSPS) is 10.7. The monoisotopic (exact) mass is 408 g/mol. The average molecular weight is 408 g/mol. The zero-order chi connectivity index (χ0) is 20.8. The Morgan fingerprint density at radius 1 is 1.14 bits per heavy atom. The molecule has 146 valence electrons. The quantitative estimate of drug-likeness (QED) is 0.358. The predicted octanol–water partition coefficient (Wildman–Crippen LogP) is 4.33. The lowest BCUT2D eigenvalue weighted by Gasteiger charge is -2.02. The van der Waals surface area contributed by atoms with Crippen molar-refractivity contribution in [3.05, 3.63) is 75.7 Å². The third-order valence-corrected chi connectivity index (χ3v) is 4.50. The molecule has 2 N–H and O–H groups in total. The number of rotatable bonds is 6. The highest BCUT2D eigenvalue weighted by Crippen LogP contribution is 2.26. The highest BCUT2D eigenvalue weighted by molar-refractivity contribution is 7.14. The Hall–Kier alpha value is -3.85. The number of amides is 2. The van der Waals surface area contributed by atoms with Gasteiger partial charge in [0, 0.05) is 41.8 Å². The first-order valence-corrected chi connectivity index (χ1v) is 9.36. The maximum Gasteiger partial charge on any atom is 0.270 e. The topological polar surface area (TPSA) is 114 Å². The van der Waals surface area contributed by atoms with Gasteiger partial charge in [-0.25, -0.2) is 4.98 Å². The number of carbonyl (C=O) groups is 2. The van der Waals surface area contributed by atoms with Crippen LogP contribution in [-0.2, 0) is 9.59 Å². The number of nitrogens with one attached hydrogen (secondary N) is 2. The van der Waals surface area contributed by atoms with Gasteiger partial charge in [-0.2, -0.15) is 0 Å². The minimum Gasteiger partial charge on any atom is -0.326 e. The summed E-state index contributed by atoms with van der Waals surface area (Å²) in [5.74, 6) is -0.534. The molecular weight excluding hydrogens is 392 g/mol. The fourth-order valence-corrected chi connectivity index (χ4v) is 3.17. The van der Waals surface area contributed by atoms with Gasteiger partial charge in [-0.05, 0) is 23.8 Å². The SMILES string of the molecule is CC(=O)Nc1ccc(-c2csc(NC(=O)/C=C/c3cccc([N+](=O)[O-])c3)n2)cc1. The Kier molecular flexibility index (Phi) is 6.10. The van der Waals surface area contributed by atoms with E-state index < -0.39 is 10.8 Å². The third-order valence-electron chi connectivity index (χ3n) is 3.74. The van der Waals surface area contributed by atoms with Crippen LogP contribution in [0.4, 0.5) is 16.5 Å². The van der Waals surface area contributed by atoms with E-state index >= 15 is 0 Å². The molecule has 0 aliphatic carbocycles. The minimum atomic E-state index is -0.489. The van der Waals surface area contributed by atoms with Gasteiger partial charge in [0.15, 0.2) is 5.13 Å². The van der Waals surface area contributed by atoms with E-state index in [2.05, 4.69) is 15.6 Å². The van der Waals surface area contributed by atoms with Crippen LogP contribution in [0.25, 0.3) is 17.3 Å². The molecule has 3 rings (SSSR count). The van der Waals surface area contributed by atoms with Gasteiger partial charge in [0.1, 0.15) is 0 Å². The van der Waals surface area contributed by atoms with Crippen molar-refractivity contribution in [3.63, 3.8) is 0 Å². The molecule has 0 spiro atoms. The molecule has 29 heavy (non-hydrogen) atoms. The first kappa shape index (κ1) is 19.9. The van der Waals surface area contributed by atoms with Gasteiger partial charge in [0.2, 0.25) is 11.8 Å². The van der Waals surface area contributed by atoms with E-state index in [0.29, 0.717) is 22.1 Å². The molecule has 0 aliphatic heterocycles. The maximum absolute atomic E-state index is 12.1. The number of carbonyl (C=O) groups excluding carboxylic acids is 2. The number of nitro groups is 1. The van der Waals surface area contributed by atoms with E-state index in [0.717, 1.165) is 5.56 Å². The van der Waals surface area contributed by atoms with Crippen molar-refractivity contribution in [2.24, 2.45) is 0 Å². The number of thiazole rings is 1. The first-order chi connectivity index (χ1) is 13.9. The van der Waals surface area contributed by atoms with Crippen molar-refractivity contribution in [1.29, 1.82) is 0 Å². The summed E-state index contributed by atoms with van der Waals surface area (Å²) in [6.07, 6.45) is 2.79. The van der Waals surface area contributed by atoms with Crippen molar-refractivity contribution in [1.82, 2.24) is 4.98 Å². The summed E-state index contributed by atoms with van der Waals surface area (Å²) in [6.45, 7) is 1.44. The summed E-state index contributed by atoms with van der Waals surface area (Å²) in [4.78, 5) is 37.8. The molecule has 2 aromatic carbocycles. The molecule has 8 nitrogen and oxygen atoms in total. The van der Waals surface area contributed by atoms with Crippen molar-refractivity contribution >= 4 is 45.7 Å². The Morgan fingerprint density at radius 2 is 1.90 bits per heavy atom. The second-order valence-electron chi connectivity index (χ2n) is 5.97. The molecule has 0 saturated heterocycles. The van der Waals surface area contributed by atoms with Crippen molar-refractivity contribution in [2.75, 3.05) is 10.6 Å². The van der Waals surface area contributed by atoms with Crippen LogP contribution in [0.2, 0.25) is 0 Å². The van der Waals surface area contributed by atoms with Crippen LogP contribution in [0, 0.1) is 10.1 Å². The molecule has 3 aromatic rings. The van der Waals surface area contributed by atoms with E-state index in [1.54, 1.807) is 24.3 Å². The standard InChI is InChI=1S/C20H16N4O4S/c1-13(25)21-16-8-6-15(7-9-16)18-12-29-20(22-18)23-19(26)10-5-14-3-2-4-17(11-14)24(27)28/h2-12H,1H3,(H,21,25)(H,22,23,26)/b10-5+. The predicted molar refractivity (Wildman–Crippen MR) is 113 cm³/mol. The summed E-state index contributed by atoms with van der Waals surface area (Å²) in [5, 5.41) is 18.4. The lowest BCUT2D eigenvalue weighted by Crippen LogP contribution is -2.07. The van der Waals surface area contributed by atoms with Gasteiger partial charge in [-0.3, -0.25) is 25.0 Å². The van der Waals surface area contributed by atoms with E-state index in [9.17, 15) is 19.7 Å². The van der Waals surface area contributed by atoms with Gasteiger partial charge in [0.25, 0.3) is 5.69 Å². The minimum absolute atomic E-state index is 0.0401. The average Bonchev–Trinajstić information content (AvgIpc) is 3.15. The maximum atomic E-state index is 12.1. The zero-order valence-corrected chi connectivity index (χ0v) is 16.1. The van der Waals surface area contributed by atoms with Crippen LogP contribution >= 0.6 is 11.3 Å². The van der Waals surface area contributed by atoms with Crippen LogP contribution in [0.3, 0.4) is 0 Å². The fourth-order valence-electron chi connectivity index (χ4n) is 2.45. The molecule has 0 aliphatic rings. The molecule has 0 unspecified atom stereocenters. The Labute approximate surface area is 170 Å². The van der Waals surface area contributed by atoms with Crippen LogP contribution in [0.5, 0.6) is 0 Å². The van der Waals surface area contributed by atoms with Crippen molar-refractivity contribution < 1.29 is 14.5 Å². The zero-order valence-electron chi connectivity index (χ0n) is 15.3. The molecule has 0 radical (unpaired) electrons. The molecule has 0 atom stereocenters. The Bertz CT molecular complexity index is 1090. The lowest BCUT2D eigenvalue weighted by molar-refractivity contribution is -0.384. The van der Waals surface area contributed by atoms with Gasteiger partial charge < -0.3 is 5.32 Å². The molecular formula is C20H16N4O4S. The van der Waals surface area contributed by atoms with Gasteiger partial charge in [0.05, 0.1) is 10.6 Å². The van der Waals surface area contributed by atoms with Crippen LogP contribution in [0.15, 0.2) is 60.0 Å². The largest absolute Gasteiger partial charge is 0.326 e. The Balaban J connectivity index is 1.63. The number of hydrogen-bond donors (Lipinski definition) is 2. The second kappa shape index (κ2) is 8.89. The number of non-ortho nitro benzene ring substituents is 1. The van der Waals surface area contributed by atoms with Crippen LogP contribution in [-0.4, -0.2) is 21.7 Å². The van der Waals surface area contributed by atoms with E-state index in [1.165, 1.54) is 42.5 Å². The van der Waals surface area contributed by atoms with Gasteiger partial charge in [-0.1, -0.05) is 24.3 Å². The summed E-state index contributed by atoms with van der Waals surface area (Å²) in [7, 11) is 0. The first-order valence-electron chi connectivity index (χ1n) is 8.48. The summed E-state index contributed by atoms with van der Waals surface area (Å²) >= 11 is 1.28. The number of anilines is 2. The molecule has 9 heteroatoms.